The third kappa shape index (κ3) is 2.91. The van der Waals surface area contributed by atoms with Gasteiger partial charge in [0.15, 0.2) is 0 Å². The van der Waals surface area contributed by atoms with Gasteiger partial charge in [0.2, 0.25) is 0 Å². The lowest BCUT2D eigenvalue weighted by Gasteiger charge is -2.02. The molecular weight excluding hydrogens is 236 g/mol. The van der Waals surface area contributed by atoms with Crippen LogP contribution in [0.1, 0.15) is 26.1 Å². The molecule has 0 aliphatic rings. The maximum Gasteiger partial charge on any atom is 0.263 e. The van der Waals surface area contributed by atoms with Gasteiger partial charge in [0, 0.05) is 24.9 Å². The summed E-state index contributed by atoms with van der Waals surface area (Å²) >= 11 is 1.43. The van der Waals surface area contributed by atoms with Crippen molar-refractivity contribution in [2.45, 2.75) is 20.3 Å². The van der Waals surface area contributed by atoms with Gasteiger partial charge in [-0.25, -0.2) is 9.97 Å². The smallest absolute Gasteiger partial charge is 0.263 e. The summed E-state index contributed by atoms with van der Waals surface area (Å²) < 4.78 is 0. The van der Waals surface area contributed by atoms with Crippen molar-refractivity contribution in [2.75, 3.05) is 6.54 Å². The summed E-state index contributed by atoms with van der Waals surface area (Å²) in [6.45, 7) is 4.35. The minimum atomic E-state index is -0.0485. The van der Waals surface area contributed by atoms with Crippen LogP contribution in [0.4, 0.5) is 0 Å². The van der Waals surface area contributed by atoms with Crippen LogP contribution in [0.2, 0.25) is 0 Å². The average molecular weight is 250 g/mol. The van der Waals surface area contributed by atoms with E-state index in [1.807, 2.05) is 13.8 Å². The lowest BCUT2D eigenvalue weighted by molar-refractivity contribution is 0.0957. The summed E-state index contributed by atoms with van der Waals surface area (Å²) in [7, 11) is 0. The first-order valence-corrected chi connectivity index (χ1v) is 6.18. The number of aryl methyl sites for hydroxylation is 2. The number of amides is 1. The van der Waals surface area contributed by atoms with Crippen molar-refractivity contribution in [1.82, 2.24) is 20.3 Å². The Morgan fingerprint density at radius 3 is 2.94 bits per heavy atom. The Hall–Kier alpha value is -1.69. The minimum absolute atomic E-state index is 0.0485. The normalized spacial score (nSPS) is 10.5. The largest absolute Gasteiger partial charge is 0.351 e. The first kappa shape index (κ1) is 11.8. The molecule has 2 rings (SSSR count). The highest BCUT2D eigenvalue weighted by Crippen LogP contribution is 2.16. The fraction of sp³-hybridized carbons (Fsp3) is 0.364. The summed E-state index contributed by atoms with van der Waals surface area (Å²) in [6.07, 6.45) is 4.14. The van der Waals surface area contributed by atoms with E-state index in [-0.39, 0.29) is 5.91 Å². The molecule has 2 aromatic rings. The minimum Gasteiger partial charge on any atom is -0.351 e. The van der Waals surface area contributed by atoms with E-state index in [1.165, 1.54) is 11.3 Å². The summed E-state index contributed by atoms with van der Waals surface area (Å²) in [4.78, 5) is 23.7. The van der Waals surface area contributed by atoms with E-state index in [1.54, 1.807) is 12.5 Å². The third-order valence-corrected chi connectivity index (χ3v) is 3.42. The fourth-order valence-corrected chi connectivity index (χ4v) is 2.39. The van der Waals surface area contributed by atoms with Gasteiger partial charge in [0.25, 0.3) is 5.91 Å². The van der Waals surface area contributed by atoms with Crippen molar-refractivity contribution in [2.24, 2.45) is 0 Å². The van der Waals surface area contributed by atoms with E-state index in [4.69, 9.17) is 0 Å². The van der Waals surface area contributed by atoms with E-state index in [2.05, 4.69) is 20.3 Å². The number of hydrogen-bond acceptors (Lipinski definition) is 4. The fourth-order valence-electron chi connectivity index (χ4n) is 1.55. The zero-order valence-corrected chi connectivity index (χ0v) is 10.6. The van der Waals surface area contributed by atoms with Crippen molar-refractivity contribution in [1.29, 1.82) is 0 Å². The molecule has 0 saturated carbocycles. The molecule has 0 aliphatic carbocycles. The highest BCUT2D eigenvalue weighted by atomic mass is 32.1. The molecule has 0 radical (unpaired) electrons. The van der Waals surface area contributed by atoms with Crippen LogP contribution in [-0.2, 0) is 6.42 Å². The molecular formula is C11H14N4OS. The molecule has 0 spiro atoms. The molecule has 0 atom stereocenters. The first-order chi connectivity index (χ1) is 8.16. The van der Waals surface area contributed by atoms with Crippen LogP contribution in [0.15, 0.2) is 12.5 Å². The van der Waals surface area contributed by atoms with E-state index in [0.717, 1.165) is 22.8 Å². The molecule has 2 heterocycles. The van der Waals surface area contributed by atoms with Crippen LogP contribution in [-0.4, -0.2) is 27.4 Å². The highest BCUT2D eigenvalue weighted by molar-refractivity contribution is 7.13. The molecule has 0 aromatic carbocycles. The number of H-pyrrole nitrogens is 1. The number of carbonyl (C=O) groups excluding carboxylic acids is 1. The van der Waals surface area contributed by atoms with E-state index < -0.39 is 0 Å². The van der Waals surface area contributed by atoms with Crippen LogP contribution in [0.25, 0.3) is 0 Å². The van der Waals surface area contributed by atoms with Gasteiger partial charge in [0.1, 0.15) is 4.88 Å². The lowest BCUT2D eigenvalue weighted by atomic mass is 10.3. The molecule has 6 heteroatoms. The van der Waals surface area contributed by atoms with Crippen LogP contribution in [0.5, 0.6) is 0 Å². The zero-order chi connectivity index (χ0) is 12.3. The Labute approximate surface area is 103 Å². The predicted octanol–water partition coefficient (Wildman–Crippen LogP) is 1.46. The molecule has 0 unspecified atom stereocenters. The second-order valence-electron chi connectivity index (χ2n) is 3.73. The Bertz CT molecular complexity index is 504. The number of rotatable bonds is 4. The van der Waals surface area contributed by atoms with Crippen LogP contribution in [0.3, 0.4) is 0 Å². The summed E-state index contributed by atoms with van der Waals surface area (Å²) in [6, 6.07) is 0. The average Bonchev–Trinajstić information content (AvgIpc) is 2.88. The first-order valence-electron chi connectivity index (χ1n) is 5.36. The molecule has 5 nitrogen and oxygen atoms in total. The van der Waals surface area contributed by atoms with Gasteiger partial charge >= 0.3 is 0 Å². The Kier molecular flexibility index (Phi) is 3.53. The summed E-state index contributed by atoms with van der Waals surface area (Å²) in [5.41, 5.74) is 1.81. The number of aromatic nitrogens is 3. The van der Waals surface area contributed by atoms with Crippen LogP contribution < -0.4 is 5.32 Å². The van der Waals surface area contributed by atoms with Crippen molar-refractivity contribution in [3.05, 3.63) is 33.8 Å². The number of nitrogens with zero attached hydrogens (tertiary/aromatic N) is 2. The van der Waals surface area contributed by atoms with Gasteiger partial charge in [-0.2, -0.15) is 0 Å². The number of hydrogen-bond donors (Lipinski definition) is 2. The molecule has 0 fully saturated rings. The molecule has 2 aromatic heterocycles. The van der Waals surface area contributed by atoms with Crippen LogP contribution >= 0.6 is 11.3 Å². The second kappa shape index (κ2) is 5.09. The quantitative estimate of drug-likeness (QED) is 0.863. The van der Waals surface area contributed by atoms with Crippen molar-refractivity contribution >= 4 is 17.2 Å². The predicted molar refractivity (Wildman–Crippen MR) is 66.2 cm³/mol. The van der Waals surface area contributed by atoms with Gasteiger partial charge in [-0.15, -0.1) is 11.3 Å². The lowest BCUT2D eigenvalue weighted by Crippen LogP contribution is -2.25. The molecule has 90 valence electrons. The number of imidazole rings is 1. The Morgan fingerprint density at radius 2 is 2.35 bits per heavy atom. The number of aromatic amines is 1. The molecule has 0 saturated heterocycles. The van der Waals surface area contributed by atoms with Crippen LogP contribution in [0, 0.1) is 13.8 Å². The molecule has 0 bridgehead atoms. The van der Waals surface area contributed by atoms with E-state index in [0.29, 0.717) is 11.4 Å². The number of nitrogens with one attached hydrogen (secondary N) is 2. The Morgan fingerprint density at radius 1 is 1.53 bits per heavy atom. The second-order valence-corrected chi connectivity index (χ2v) is 4.93. The highest BCUT2D eigenvalue weighted by Gasteiger charge is 2.12. The van der Waals surface area contributed by atoms with Gasteiger partial charge in [-0.3, -0.25) is 4.79 Å². The van der Waals surface area contributed by atoms with E-state index in [9.17, 15) is 4.79 Å². The molecule has 0 aliphatic heterocycles. The van der Waals surface area contributed by atoms with Gasteiger partial charge in [-0.1, -0.05) is 0 Å². The zero-order valence-electron chi connectivity index (χ0n) is 9.78. The monoisotopic (exact) mass is 250 g/mol. The van der Waals surface area contributed by atoms with Crippen molar-refractivity contribution in [3.8, 4) is 0 Å². The maximum atomic E-state index is 11.8. The molecule has 2 N–H and O–H groups in total. The van der Waals surface area contributed by atoms with Gasteiger partial charge in [-0.05, 0) is 13.8 Å². The topological polar surface area (TPSA) is 70.7 Å². The standard InChI is InChI=1S/C11H14N4OS/c1-7-10(17-8(2)15-7)11(16)13-4-3-9-5-12-6-14-9/h5-6H,3-4H2,1-2H3,(H,12,14)(H,13,16). The Balaban J connectivity index is 1.87. The van der Waals surface area contributed by atoms with Gasteiger partial charge in [0.05, 0.1) is 17.0 Å². The molecule has 1 amide bonds. The van der Waals surface area contributed by atoms with Crippen molar-refractivity contribution in [3.63, 3.8) is 0 Å². The summed E-state index contributed by atoms with van der Waals surface area (Å²) in [5.74, 6) is -0.0485. The van der Waals surface area contributed by atoms with Gasteiger partial charge < -0.3 is 10.3 Å². The van der Waals surface area contributed by atoms with E-state index >= 15 is 0 Å². The van der Waals surface area contributed by atoms with Crippen molar-refractivity contribution < 1.29 is 4.79 Å². The number of carbonyl (C=O) groups is 1. The SMILES string of the molecule is Cc1nc(C)c(C(=O)NCCc2cnc[nH]2)s1. The molecule has 17 heavy (non-hydrogen) atoms. The maximum absolute atomic E-state index is 11.8. The number of thiazole rings is 1. The summed E-state index contributed by atoms with van der Waals surface area (Å²) in [5, 5.41) is 3.79. The third-order valence-electron chi connectivity index (χ3n) is 2.34.